The standard InChI is InChI=1S/C35H45N3O5/c1-25(2)23-38(24-30(32(39)37-42)21-16-26-12-8-6-9-13-26)34(41)36-31(33(40)43-35(3,4)5)22-27-17-19-29(20-18-27)28-14-10-7-11-15-28/h6-15,17-20,25,30-31,42H,16,21-24H2,1-5H3,(H,36,41)(H,37,39)/t30?,31-/m0/s1. The number of hydrogen-bond acceptors (Lipinski definition) is 5. The molecule has 0 fully saturated rings. The van der Waals surface area contributed by atoms with E-state index in [1.807, 2.05) is 98.8 Å². The van der Waals surface area contributed by atoms with Gasteiger partial charge in [0.15, 0.2) is 0 Å². The Morgan fingerprint density at radius 2 is 1.40 bits per heavy atom. The van der Waals surface area contributed by atoms with Gasteiger partial charge < -0.3 is 15.0 Å². The van der Waals surface area contributed by atoms with Crippen LogP contribution in [0.15, 0.2) is 84.9 Å². The average Bonchev–Trinajstić information content (AvgIpc) is 2.98. The molecule has 0 aliphatic carbocycles. The van der Waals surface area contributed by atoms with Gasteiger partial charge in [0.1, 0.15) is 11.6 Å². The summed E-state index contributed by atoms with van der Waals surface area (Å²) in [5, 5.41) is 12.3. The SMILES string of the molecule is CC(C)CN(CC(CCc1ccccc1)C(=O)NO)C(=O)N[C@@H](Cc1ccc(-c2ccccc2)cc1)C(=O)OC(C)(C)C. The van der Waals surface area contributed by atoms with Crippen molar-refractivity contribution in [3.8, 4) is 11.1 Å². The fourth-order valence-corrected chi connectivity index (χ4v) is 4.84. The summed E-state index contributed by atoms with van der Waals surface area (Å²) in [6, 6.07) is 26.2. The number of hydrogen-bond donors (Lipinski definition) is 3. The second kappa shape index (κ2) is 15.9. The van der Waals surface area contributed by atoms with Crippen LogP contribution in [0, 0.1) is 11.8 Å². The molecule has 8 heteroatoms. The first-order valence-corrected chi connectivity index (χ1v) is 14.9. The van der Waals surface area contributed by atoms with Gasteiger partial charge in [-0.25, -0.2) is 15.1 Å². The van der Waals surface area contributed by atoms with Crippen LogP contribution in [0.25, 0.3) is 11.1 Å². The minimum atomic E-state index is -0.946. The lowest BCUT2D eigenvalue weighted by Gasteiger charge is -2.31. The summed E-state index contributed by atoms with van der Waals surface area (Å²) in [4.78, 5) is 41.2. The van der Waals surface area contributed by atoms with E-state index < -0.39 is 35.5 Å². The first-order chi connectivity index (χ1) is 20.4. The summed E-state index contributed by atoms with van der Waals surface area (Å²) in [5.74, 6) is -1.64. The monoisotopic (exact) mass is 587 g/mol. The van der Waals surface area contributed by atoms with E-state index in [4.69, 9.17) is 4.74 Å². The van der Waals surface area contributed by atoms with Gasteiger partial charge in [0.05, 0.1) is 5.92 Å². The summed E-state index contributed by atoms with van der Waals surface area (Å²) in [5.41, 5.74) is 5.08. The van der Waals surface area contributed by atoms with Crippen molar-refractivity contribution >= 4 is 17.9 Å². The summed E-state index contributed by atoms with van der Waals surface area (Å²) in [6.45, 7) is 9.75. The van der Waals surface area contributed by atoms with Crippen molar-refractivity contribution in [3.05, 3.63) is 96.1 Å². The fourth-order valence-electron chi connectivity index (χ4n) is 4.84. The number of nitrogens with one attached hydrogen (secondary N) is 2. The van der Waals surface area contributed by atoms with Gasteiger partial charge in [-0.1, -0.05) is 98.8 Å². The minimum absolute atomic E-state index is 0.0794. The summed E-state index contributed by atoms with van der Waals surface area (Å²) < 4.78 is 5.68. The molecule has 230 valence electrons. The maximum absolute atomic E-state index is 13.7. The number of hydroxylamine groups is 1. The van der Waals surface area contributed by atoms with Crippen LogP contribution in [0.4, 0.5) is 4.79 Å². The van der Waals surface area contributed by atoms with E-state index >= 15 is 0 Å². The molecule has 3 aromatic rings. The number of amides is 3. The molecule has 2 atom stereocenters. The lowest BCUT2D eigenvalue weighted by molar-refractivity contribution is -0.157. The molecule has 0 saturated heterocycles. The number of esters is 1. The zero-order chi connectivity index (χ0) is 31.4. The van der Waals surface area contributed by atoms with E-state index in [2.05, 4.69) is 5.32 Å². The second-order valence-electron chi connectivity index (χ2n) is 12.3. The van der Waals surface area contributed by atoms with Gasteiger partial charge in [0, 0.05) is 19.5 Å². The van der Waals surface area contributed by atoms with Gasteiger partial charge >= 0.3 is 12.0 Å². The van der Waals surface area contributed by atoms with Crippen LogP contribution in [0.2, 0.25) is 0 Å². The maximum atomic E-state index is 13.7. The first kappa shape index (κ1) is 33.3. The molecule has 0 aromatic heterocycles. The number of ether oxygens (including phenoxy) is 1. The van der Waals surface area contributed by atoms with Gasteiger partial charge in [-0.3, -0.25) is 10.0 Å². The lowest BCUT2D eigenvalue weighted by atomic mass is 9.97. The van der Waals surface area contributed by atoms with Crippen LogP contribution in [0.5, 0.6) is 0 Å². The van der Waals surface area contributed by atoms with Gasteiger partial charge in [0.25, 0.3) is 0 Å². The molecular weight excluding hydrogens is 542 g/mol. The van der Waals surface area contributed by atoms with Crippen LogP contribution >= 0.6 is 0 Å². The Labute approximate surface area is 255 Å². The molecule has 0 radical (unpaired) electrons. The molecule has 3 N–H and O–H groups in total. The van der Waals surface area contributed by atoms with E-state index in [-0.39, 0.29) is 18.9 Å². The average molecular weight is 588 g/mol. The van der Waals surface area contributed by atoms with Crippen LogP contribution in [-0.4, -0.2) is 52.7 Å². The highest BCUT2D eigenvalue weighted by atomic mass is 16.6. The summed E-state index contributed by atoms with van der Waals surface area (Å²) in [7, 11) is 0. The summed E-state index contributed by atoms with van der Waals surface area (Å²) >= 11 is 0. The molecule has 0 aliphatic rings. The Hall–Kier alpha value is -4.17. The smallest absolute Gasteiger partial charge is 0.329 e. The molecule has 0 saturated carbocycles. The third kappa shape index (κ3) is 11.2. The van der Waals surface area contributed by atoms with Crippen molar-refractivity contribution in [3.63, 3.8) is 0 Å². The Bertz CT molecular complexity index is 1300. The number of nitrogens with zero attached hydrogens (tertiary/aromatic N) is 1. The molecule has 0 spiro atoms. The Morgan fingerprint density at radius 3 is 1.95 bits per heavy atom. The topological polar surface area (TPSA) is 108 Å². The van der Waals surface area contributed by atoms with Crippen molar-refractivity contribution in [2.24, 2.45) is 11.8 Å². The van der Waals surface area contributed by atoms with Crippen molar-refractivity contribution < 1.29 is 24.3 Å². The number of carbonyl (C=O) groups excluding carboxylic acids is 3. The van der Waals surface area contributed by atoms with Crippen molar-refractivity contribution in [1.82, 2.24) is 15.7 Å². The number of aryl methyl sites for hydroxylation is 1. The Balaban J connectivity index is 1.79. The number of urea groups is 1. The quantitative estimate of drug-likeness (QED) is 0.129. The molecule has 0 heterocycles. The van der Waals surface area contributed by atoms with Crippen molar-refractivity contribution in [1.29, 1.82) is 0 Å². The van der Waals surface area contributed by atoms with E-state index in [0.717, 1.165) is 22.3 Å². The molecule has 3 amide bonds. The minimum Gasteiger partial charge on any atom is -0.458 e. The molecular formula is C35H45N3O5. The van der Waals surface area contributed by atoms with Crippen molar-refractivity contribution in [2.75, 3.05) is 13.1 Å². The van der Waals surface area contributed by atoms with Crippen LogP contribution in [0.1, 0.15) is 52.2 Å². The second-order valence-corrected chi connectivity index (χ2v) is 12.3. The van der Waals surface area contributed by atoms with Gasteiger partial charge in [-0.15, -0.1) is 0 Å². The Kier molecular flexibility index (Phi) is 12.3. The number of benzene rings is 3. The summed E-state index contributed by atoms with van der Waals surface area (Å²) in [6.07, 6.45) is 1.27. The van der Waals surface area contributed by atoms with E-state index in [1.165, 1.54) is 0 Å². The highest BCUT2D eigenvalue weighted by Crippen LogP contribution is 2.21. The molecule has 0 bridgehead atoms. The molecule has 1 unspecified atom stereocenters. The van der Waals surface area contributed by atoms with Crippen LogP contribution in [0.3, 0.4) is 0 Å². The molecule has 0 aliphatic heterocycles. The fraction of sp³-hybridized carbons (Fsp3) is 0.400. The maximum Gasteiger partial charge on any atom is 0.329 e. The van der Waals surface area contributed by atoms with Crippen LogP contribution < -0.4 is 10.8 Å². The van der Waals surface area contributed by atoms with Crippen molar-refractivity contribution in [2.45, 2.75) is 65.5 Å². The van der Waals surface area contributed by atoms with E-state index in [9.17, 15) is 19.6 Å². The molecule has 8 nitrogen and oxygen atoms in total. The number of carbonyl (C=O) groups is 3. The van der Waals surface area contributed by atoms with E-state index in [0.29, 0.717) is 19.4 Å². The third-order valence-corrected chi connectivity index (χ3v) is 6.91. The largest absolute Gasteiger partial charge is 0.458 e. The highest BCUT2D eigenvalue weighted by molar-refractivity contribution is 5.85. The molecule has 43 heavy (non-hydrogen) atoms. The molecule has 3 aromatic carbocycles. The number of rotatable bonds is 13. The van der Waals surface area contributed by atoms with E-state index in [1.54, 1.807) is 31.2 Å². The van der Waals surface area contributed by atoms with Gasteiger partial charge in [-0.2, -0.15) is 0 Å². The lowest BCUT2D eigenvalue weighted by Crippen LogP contribution is -2.53. The zero-order valence-electron chi connectivity index (χ0n) is 25.9. The zero-order valence-corrected chi connectivity index (χ0v) is 25.9. The normalized spacial score (nSPS) is 12.7. The Morgan fingerprint density at radius 1 is 0.814 bits per heavy atom. The van der Waals surface area contributed by atoms with Crippen LogP contribution in [-0.2, 0) is 27.2 Å². The van der Waals surface area contributed by atoms with Gasteiger partial charge in [0.2, 0.25) is 5.91 Å². The first-order valence-electron chi connectivity index (χ1n) is 14.9. The predicted molar refractivity (Wildman–Crippen MR) is 168 cm³/mol. The third-order valence-electron chi connectivity index (χ3n) is 6.91. The highest BCUT2D eigenvalue weighted by Gasteiger charge is 2.31. The van der Waals surface area contributed by atoms with Gasteiger partial charge in [-0.05, 0) is 61.8 Å². The predicted octanol–water partition coefficient (Wildman–Crippen LogP) is 6.03. The molecule has 3 rings (SSSR count).